The average Bonchev–Trinajstić information content (AvgIpc) is 2.59. The fraction of sp³-hybridized carbons (Fsp3) is 0.810. The van der Waals surface area contributed by atoms with Crippen LogP contribution in [0.2, 0.25) is 0 Å². The molecule has 0 unspecified atom stereocenters. The van der Waals surface area contributed by atoms with Gasteiger partial charge in [-0.1, -0.05) is 12.2 Å². The number of carbonyl (C=O) groups excluding carboxylic acids is 1. The first-order valence-corrected chi connectivity index (χ1v) is 10.2. The molecule has 3 atom stereocenters. The first-order chi connectivity index (χ1) is 12.0. The minimum absolute atomic E-state index is 0.133. The van der Waals surface area contributed by atoms with Crippen LogP contribution in [0.15, 0.2) is 12.2 Å². The number of aliphatic carboxylic acids is 1. The third-order valence-corrected chi connectivity index (χ3v) is 8.26. The molecule has 1 amide bonds. The molecule has 136 valence electrons. The fourth-order valence-corrected chi connectivity index (χ4v) is 7.56. The average molecular weight is 343 g/mol. The maximum Gasteiger partial charge on any atom is 0.319 e. The Morgan fingerprint density at radius 1 is 0.960 bits per heavy atom. The number of allylic oxidation sites excluding steroid dienone is 2. The van der Waals surface area contributed by atoms with Crippen molar-refractivity contribution in [3.8, 4) is 0 Å². The van der Waals surface area contributed by atoms with Gasteiger partial charge < -0.3 is 10.4 Å². The predicted octanol–water partition coefficient (Wildman–Crippen LogP) is 3.38. The van der Waals surface area contributed by atoms with Crippen molar-refractivity contribution < 1.29 is 14.7 Å². The monoisotopic (exact) mass is 343 g/mol. The second kappa shape index (κ2) is 5.34. The molecule has 5 fully saturated rings. The smallest absolute Gasteiger partial charge is 0.319 e. The second-order valence-electron chi connectivity index (χ2n) is 9.91. The number of hydrogen-bond donors (Lipinski definition) is 2. The number of rotatable bonds is 4. The van der Waals surface area contributed by atoms with E-state index in [0.29, 0.717) is 13.0 Å². The lowest BCUT2D eigenvalue weighted by molar-refractivity contribution is -0.163. The fourth-order valence-electron chi connectivity index (χ4n) is 7.56. The molecule has 0 spiro atoms. The number of fused-ring (bicyclic) bond motifs is 2. The van der Waals surface area contributed by atoms with Gasteiger partial charge in [0.05, 0.1) is 0 Å². The molecule has 0 radical (unpaired) electrons. The molecule has 2 N–H and O–H groups in total. The molecular weight excluding hydrogens is 314 g/mol. The van der Waals surface area contributed by atoms with Gasteiger partial charge in [-0.25, -0.2) is 0 Å². The van der Waals surface area contributed by atoms with E-state index >= 15 is 0 Å². The summed E-state index contributed by atoms with van der Waals surface area (Å²) < 4.78 is 0. The van der Waals surface area contributed by atoms with E-state index in [-0.39, 0.29) is 23.2 Å². The highest BCUT2D eigenvalue weighted by Crippen LogP contribution is 2.60. The zero-order valence-corrected chi connectivity index (χ0v) is 14.9. The van der Waals surface area contributed by atoms with E-state index in [1.807, 2.05) is 6.08 Å². The first kappa shape index (κ1) is 15.9. The quantitative estimate of drug-likeness (QED) is 0.607. The highest BCUT2D eigenvalue weighted by molar-refractivity contribution is 6.03. The number of hydrogen-bond acceptors (Lipinski definition) is 2. The molecule has 0 aromatic carbocycles. The van der Waals surface area contributed by atoms with Gasteiger partial charge in [-0.3, -0.25) is 9.59 Å². The van der Waals surface area contributed by atoms with E-state index in [1.165, 1.54) is 38.5 Å². The van der Waals surface area contributed by atoms with E-state index in [0.717, 1.165) is 30.6 Å². The lowest BCUT2D eigenvalue weighted by Gasteiger charge is -2.57. The SMILES string of the molecule is O=C(O)[C@]1(C(=O)NCC23CC4CC(CC(C4)C2)C3)C[C@H]2C=C[C@@H]1CC2. The van der Waals surface area contributed by atoms with Crippen LogP contribution in [-0.4, -0.2) is 23.5 Å². The molecule has 4 nitrogen and oxygen atoms in total. The summed E-state index contributed by atoms with van der Waals surface area (Å²) in [7, 11) is 0. The van der Waals surface area contributed by atoms with Crippen LogP contribution >= 0.6 is 0 Å². The highest BCUT2D eigenvalue weighted by atomic mass is 16.4. The van der Waals surface area contributed by atoms with Gasteiger partial charge in [0.25, 0.3) is 0 Å². The topological polar surface area (TPSA) is 66.4 Å². The molecule has 0 saturated heterocycles. The van der Waals surface area contributed by atoms with Crippen LogP contribution < -0.4 is 5.32 Å². The van der Waals surface area contributed by atoms with E-state index in [1.54, 1.807) is 0 Å². The molecule has 0 aromatic heterocycles. The van der Waals surface area contributed by atoms with Crippen molar-refractivity contribution in [3.63, 3.8) is 0 Å². The van der Waals surface area contributed by atoms with Gasteiger partial charge in [0.1, 0.15) is 0 Å². The summed E-state index contributed by atoms with van der Waals surface area (Å²) in [6.07, 6.45) is 14.4. The van der Waals surface area contributed by atoms with Crippen LogP contribution in [0.5, 0.6) is 0 Å². The van der Waals surface area contributed by atoms with Crippen LogP contribution in [0.1, 0.15) is 57.8 Å². The Kier molecular flexibility index (Phi) is 3.40. The predicted molar refractivity (Wildman–Crippen MR) is 93.7 cm³/mol. The Bertz CT molecular complexity index is 604. The third-order valence-electron chi connectivity index (χ3n) is 8.26. The highest BCUT2D eigenvalue weighted by Gasteiger charge is 2.57. The van der Waals surface area contributed by atoms with Crippen LogP contribution in [0.4, 0.5) is 0 Å². The lowest BCUT2D eigenvalue weighted by Crippen LogP contribution is -2.58. The van der Waals surface area contributed by atoms with Crippen molar-refractivity contribution in [2.45, 2.75) is 57.8 Å². The number of amides is 1. The van der Waals surface area contributed by atoms with Crippen molar-refractivity contribution in [2.75, 3.05) is 6.54 Å². The Hall–Kier alpha value is -1.32. The molecule has 6 bridgehead atoms. The number of carboxylic acid groups (broad SMARTS) is 1. The summed E-state index contributed by atoms with van der Waals surface area (Å²) in [5.41, 5.74) is -0.965. The largest absolute Gasteiger partial charge is 0.480 e. The molecular formula is C21H29NO3. The van der Waals surface area contributed by atoms with Gasteiger partial charge in [0.2, 0.25) is 5.91 Å². The van der Waals surface area contributed by atoms with Crippen LogP contribution in [-0.2, 0) is 9.59 Å². The van der Waals surface area contributed by atoms with Crippen molar-refractivity contribution >= 4 is 11.9 Å². The van der Waals surface area contributed by atoms with Gasteiger partial charge in [-0.15, -0.1) is 0 Å². The minimum atomic E-state index is -1.22. The standard InChI is InChI=1S/C21H29NO3/c23-18(21(19(24)25)11-13-1-3-17(21)4-2-13)22-12-20-8-14-5-15(9-20)7-16(6-14)10-20/h1,3,13-17H,2,4-12H2,(H,22,23)(H,24,25)/t13-,14?,15?,16?,17+,20?,21+/m0/s1. The number of carbonyl (C=O) groups is 2. The summed E-state index contributed by atoms with van der Waals surface area (Å²) in [5, 5.41) is 13.1. The van der Waals surface area contributed by atoms with Crippen LogP contribution in [0, 0.1) is 40.4 Å². The molecule has 0 aliphatic heterocycles. The molecule has 5 saturated carbocycles. The molecule has 4 heteroatoms. The van der Waals surface area contributed by atoms with Crippen LogP contribution in [0.3, 0.4) is 0 Å². The van der Waals surface area contributed by atoms with Gasteiger partial charge in [0.15, 0.2) is 5.41 Å². The number of nitrogens with one attached hydrogen (secondary N) is 1. The van der Waals surface area contributed by atoms with Gasteiger partial charge in [0, 0.05) is 12.5 Å². The van der Waals surface area contributed by atoms with E-state index in [9.17, 15) is 14.7 Å². The summed E-state index contributed by atoms with van der Waals surface area (Å²) in [6.45, 7) is 0.700. The maximum absolute atomic E-state index is 13.1. The van der Waals surface area contributed by atoms with E-state index < -0.39 is 11.4 Å². The van der Waals surface area contributed by atoms with Crippen LogP contribution in [0.25, 0.3) is 0 Å². The Morgan fingerprint density at radius 2 is 1.60 bits per heavy atom. The van der Waals surface area contributed by atoms with E-state index in [2.05, 4.69) is 11.4 Å². The van der Waals surface area contributed by atoms with E-state index in [4.69, 9.17) is 0 Å². The Labute approximate surface area is 149 Å². The van der Waals surface area contributed by atoms with Gasteiger partial charge >= 0.3 is 5.97 Å². The Balaban J connectivity index is 1.33. The Morgan fingerprint density at radius 3 is 2.04 bits per heavy atom. The molecule has 7 aliphatic rings. The van der Waals surface area contributed by atoms with Gasteiger partial charge in [-0.2, -0.15) is 0 Å². The van der Waals surface area contributed by atoms with Gasteiger partial charge in [-0.05, 0) is 86.9 Å². The van der Waals surface area contributed by atoms with Crippen molar-refractivity contribution in [1.82, 2.24) is 5.32 Å². The molecule has 0 heterocycles. The maximum atomic E-state index is 13.1. The third kappa shape index (κ3) is 2.32. The molecule has 25 heavy (non-hydrogen) atoms. The van der Waals surface area contributed by atoms with Crippen molar-refractivity contribution in [3.05, 3.63) is 12.2 Å². The number of carboxylic acids is 1. The molecule has 0 aromatic rings. The minimum Gasteiger partial charge on any atom is -0.480 e. The summed E-state index contributed by atoms with van der Waals surface area (Å²) in [6, 6.07) is 0. The van der Waals surface area contributed by atoms with Crippen molar-refractivity contribution in [2.24, 2.45) is 40.4 Å². The second-order valence-corrected chi connectivity index (χ2v) is 9.91. The summed E-state index contributed by atoms with van der Waals surface area (Å²) in [4.78, 5) is 25.3. The normalized spacial score (nSPS) is 49.4. The zero-order valence-electron chi connectivity index (χ0n) is 14.9. The summed E-state index contributed by atoms with van der Waals surface area (Å²) in [5.74, 6) is 1.54. The van der Waals surface area contributed by atoms with Crippen molar-refractivity contribution in [1.29, 1.82) is 0 Å². The molecule has 7 rings (SSSR count). The lowest BCUT2D eigenvalue weighted by atomic mass is 9.49. The zero-order chi connectivity index (χ0) is 17.2. The molecule has 7 aliphatic carbocycles. The first-order valence-electron chi connectivity index (χ1n) is 10.2. The summed E-state index contributed by atoms with van der Waals surface area (Å²) >= 11 is 0.